The molecule has 0 aromatic carbocycles. The molecule has 0 bridgehead atoms. The lowest BCUT2D eigenvalue weighted by Crippen LogP contribution is -2.60. The number of aliphatic hydroxyl groups is 5. The summed E-state index contributed by atoms with van der Waals surface area (Å²) in [5.74, 6) is -0.175. The first-order valence-electron chi connectivity index (χ1n) is 38.9. The number of unbranched alkanes of at least 4 members (excludes halogenated alkanes) is 49. The van der Waals surface area contributed by atoms with Gasteiger partial charge in [0.1, 0.15) is 24.4 Å². The number of rotatable bonds is 69. The summed E-state index contributed by atoms with van der Waals surface area (Å²) in [7, 11) is 0. The van der Waals surface area contributed by atoms with E-state index < -0.39 is 49.5 Å². The van der Waals surface area contributed by atoms with Gasteiger partial charge in [0.05, 0.1) is 32.0 Å². The summed E-state index contributed by atoms with van der Waals surface area (Å²) in [6.45, 7) is 4.24. The highest BCUT2D eigenvalue weighted by Gasteiger charge is 2.44. The van der Waals surface area contributed by atoms with Crippen molar-refractivity contribution in [1.82, 2.24) is 5.32 Å². The molecule has 528 valence electrons. The Bertz CT molecular complexity index is 1630. The first-order chi connectivity index (χ1) is 44.2. The number of nitrogens with one attached hydrogen (secondary N) is 1. The predicted octanol–water partition coefficient (Wildman–Crippen LogP) is 20.7. The fourth-order valence-electron chi connectivity index (χ4n) is 12.4. The Morgan fingerprint density at radius 1 is 0.411 bits per heavy atom. The molecule has 1 amide bonds. The molecule has 1 fully saturated rings. The average Bonchev–Trinajstić information content (AvgIpc) is 3.68. The van der Waals surface area contributed by atoms with Crippen LogP contribution >= 0.6 is 0 Å². The van der Waals surface area contributed by atoms with E-state index in [4.69, 9.17) is 14.2 Å². The zero-order valence-corrected chi connectivity index (χ0v) is 58.9. The van der Waals surface area contributed by atoms with Crippen molar-refractivity contribution >= 4 is 11.9 Å². The topological polar surface area (TPSA) is 175 Å². The van der Waals surface area contributed by atoms with Gasteiger partial charge >= 0.3 is 5.97 Å². The van der Waals surface area contributed by atoms with Gasteiger partial charge in [0.2, 0.25) is 5.91 Å². The number of carbonyl (C=O) groups is 2. The van der Waals surface area contributed by atoms with E-state index in [0.717, 1.165) is 64.2 Å². The van der Waals surface area contributed by atoms with Crippen LogP contribution in [0.15, 0.2) is 48.6 Å². The minimum absolute atomic E-state index is 0.0184. The van der Waals surface area contributed by atoms with Gasteiger partial charge < -0.3 is 45.1 Å². The monoisotopic (exact) mass is 1270 g/mol. The summed E-state index contributed by atoms with van der Waals surface area (Å²) >= 11 is 0. The Hall–Kier alpha value is -2.38. The molecule has 7 atom stereocenters. The van der Waals surface area contributed by atoms with Crippen LogP contribution in [0.2, 0.25) is 0 Å². The zero-order chi connectivity index (χ0) is 65.1. The Balaban J connectivity index is 1.87. The lowest BCUT2D eigenvalue weighted by molar-refractivity contribution is -0.302. The van der Waals surface area contributed by atoms with Crippen LogP contribution in [0.4, 0.5) is 0 Å². The highest BCUT2D eigenvalue weighted by atomic mass is 16.7. The molecule has 7 unspecified atom stereocenters. The van der Waals surface area contributed by atoms with Gasteiger partial charge in [-0.2, -0.15) is 0 Å². The molecule has 0 radical (unpaired) electrons. The number of hydrogen-bond acceptors (Lipinski definition) is 10. The van der Waals surface area contributed by atoms with E-state index in [-0.39, 0.29) is 18.5 Å². The van der Waals surface area contributed by atoms with Gasteiger partial charge in [-0.1, -0.05) is 339 Å². The third-order valence-corrected chi connectivity index (χ3v) is 18.4. The summed E-state index contributed by atoms with van der Waals surface area (Å²) in [6, 6.07) is -0.831. The van der Waals surface area contributed by atoms with Gasteiger partial charge in [0.25, 0.3) is 0 Å². The maximum absolute atomic E-state index is 13.0. The first-order valence-corrected chi connectivity index (χ1v) is 38.9. The maximum Gasteiger partial charge on any atom is 0.305 e. The zero-order valence-electron chi connectivity index (χ0n) is 58.9. The lowest BCUT2D eigenvalue weighted by atomic mass is 9.99. The number of hydrogen-bond donors (Lipinski definition) is 6. The number of esters is 1. The largest absolute Gasteiger partial charge is 0.466 e. The molecule has 90 heavy (non-hydrogen) atoms. The van der Waals surface area contributed by atoms with Crippen LogP contribution in [0.1, 0.15) is 380 Å². The molecule has 1 heterocycles. The van der Waals surface area contributed by atoms with E-state index in [1.807, 2.05) is 6.08 Å². The quantitative estimate of drug-likeness (QED) is 0.0195. The Kier molecular flexibility index (Phi) is 64.7. The molecule has 0 aromatic heterocycles. The van der Waals surface area contributed by atoms with Crippen molar-refractivity contribution < 1.29 is 49.3 Å². The van der Waals surface area contributed by atoms with E-state index in [9.17, 15) is 35.1 Å². The van der Waals surface area contributed by atoms with Crippen molar-refractivity contribution in [1.29, 1.82) is 0 Å². The first kappa shape index (κ1) is 85.6. The summed E-state index contributed by atoms with van der Waals surface area (Å²) in [4.78, 5) is 25.1. The normalized spacial score (nSPS) is 17.9. The van der Waals surface area contributed by atoms with Crippen LogP contribution in [-0.4, -0.2) is 100 Å². The van der Waals surface area contributed by atoms with E-state index in [1.165, 1.54) is 289 Å². The minimum Gasteiger partial charge on any atom is -0.466 e. The van der Waals surface area contributed by atoms with Crippen molar-refractivity contribution in [2.75, 3.05) is 19.8 Å². The molecule has 0 saturated carbocycles. The highest BCUT2D eigenvalue weighted by Crippen LogP contribution is 2.24. The Labute approximate surface area is 555 Å². The molecule has 0 aliphatic carbocycles. The molecule has 1 rings (SSSR count). The van der Waals surface area contributed by atoms with Crippen molar-refractivity contribution in [3.8, 4) is 0 Å². The summed E-state index contributed by atoms with van der Waals surface area (Å²) in [5, 5.41) is 54.3. The molecule has 1 aliphatic heterocycles. The number of aliphatic hydroxyl groups excluding tert-OH is 5. The van der Waals surface area contributed by atoms with E-state index >= 15 is 0 Å². The number of carbonyl (C=O) groups excluding carboxylic acids is 2. The molecular formula is C79H147NO10. The fourth-order valence-corrected chi connectivity index (χ4v) is 12.4. The molecule has 1 aliphatic rings. The van der Waals surface area contributed by atoms with Crippen molar-refractivity contribution in [2.45, 2.75) is 423 Å². The van der Waals surface area contributed by atoms with E-state index in [2.05, 4.69) is 55.6 Å². The van der Waals surface area contributed by atoms with Crippen LogP contribution in [0.5, 0.6) is 0 Å². The van der Waals surface area contributed by atoms with Crippen LogP contribution in [0, 0.1) is 0 Å². The summed E-state index contributed by atoms with van der Waals surface area (Å²) < 4.78 is 16.7. The van der Waals surface area contributed by atoms with Crippen LogP contribution < -0.4 is 5.32 Å². The molecule has 6 N–H and O–H groups in total. The number of allylic oxidation sites excluding steroid dienone is 7. The fraction of sp³-hybridized carbons (Fsp3) is 0.873. The average molecular weight is 1270 g/mol. The highest BCUT2D eigenvalue weighted by molar-refractivity contribution is 5.76. The second-order valence-corrected chi connectivity index (χ2v) is 27.0. The van der Waals surface area contributed by atoms with E-state index in [1.54, 1.807) is 6.08 Å². The van der Waals surface area contributed by atoms with Gasteiger partial charge in [-0.25, -0.2) is 0 Å². The second kappa shape index (κ2) is 68.0. The molecule has 0 aromatic rings. The second-order valence-electron chi connectivity index (χ2n) is 27.0. The number of ether oxygens (including phenoxy) is 3. The Morgan fingerprint density at radius 2 is 0.756 bits per heavy atom. The number of amides is 1. The lowest BCUT2D eigenvalue weighted by Gasteiger charge is -2.40. The van der Waals surface area contributed by atoms with Gasteiger partial charge in [-0.3, -0.25) is 9.59 Å². The van der Waals surface area contributed by atoms with Crippen LogP contribution in [0.25, 0.3) is 0 Å². The van der Waals surface area contributed by atoms with Crippen molar-refractivity contribution in [3.05, 3.63) is 48.6 Å². The van der Waals surface area contributed by atoms with Crippen molar-refractivity contribution in [2.24, 2.45) is 0 Å². The van der Waals surface area contributed by atoms with E-state index in [0.29, 0.717) is 19.4 Å². The van der Waals surface area contributed by atoms with Gasteiger partial charge in [0.15, 0.2) is 6.29 Å². The minimum atomic E-state index is -1.58. The van der Waals surface area contributed by atoms with Crippen LogP contribution in [0.3, 0.4) is 0 Å². The smallest absolute Gasteiger partial charge is 0.305 e. The molecule has 0 spiro atoms. The summed E-state index contributed by atoms with van der Waals surface area (Å²) in [5.41, 5.74) is 0. The maximum atomic E-state index is 13.0. The summed E-state index contributed by atoms with van der Waals surface area (Å²) in [6.07, 6.45) is 80.3. The molecule has 11 heteroatoms. The van der Waals surface area contributed by atoms with Gasteiger partial charge in [0, 0.05) is 12.8 Å². The van der Waals surface area contributed by atoms with Crippen LogP contribution in [-0.2, 0) is 23.8 Å². The third kappa shape index (κ3) is 56.0. The molecule has 11 nitrogen and oxygen atoms in total. The molecule has 1 saturated heterocycles. The Morgan fingerprint density at radius 3 is 1.16 bits per heavy atom. The van der Waals surface area contributed by atoms with Gasteiger partial charge in [-0.15, -0.1) is 0 Å². The van der Waals surface area contributed by atoms with Crippen molar-refractivity contribution in [3.63, 3.8) is 0 Å². The third-order valence-electron chi connectivity index (χ3n) is 18.4. The van der Waals surface area contributed by atoms with Gasteiger partial charge in [-0.05, 0) is 77.0 Å². The standard InChI is InChI=1S/C79H147NO10/c1-3-5-7-9-11-13-15-43-47-51-55-59-63-67-75(84)88-68-64-60-56-52-48-45-42-40-38-36-34-32-30-28-26-24-22-20-18-16-17-19-21-23-25-27-29-31-33-35-37-39-41-44-46-50-54-58-62-66-74(83)80-71(70-89-79-78(87)77(86)76(85)73(69-81)90-79)72(82)65-61-57-53-49-14-12-10-8-6-4-2/h6,8,14,16-17,49,61,65,71-73,76-79,81-82,85-87H,3-5,7,9-13,15,18-48,50-60,62-64,66-70H2,1-2H3,(H,80,83)/b8-6+,17-16-,49-14+,65-61+. The SMILES string of the molecule is CC/C=C/CC/C=C/CC/C=C/C(O)C(COC1OC(CO)C(O)C(O)C1O)NC(=O)CCCCCCCCCCCCCCCCCCC/C=C\CCCCCCCCCCCCCCCCCCCCOC(=O)CCCCCCCCCCCCCCC. The molecular weight excluding hydrogens is 1120 g/mol. The predicted molar refractivity (Wildman–Crippen MR) is 380 cm³/mol.